The Morgan fingerprint density at radius 2 is 1.62 bits per heavy atom. The summed E-state index contributed by atoms with van der Waals surface area (Å²) in [6, 6.07) is 15.5. The summed E-state index contributed by atoms with van der Waals surface area (Å²) in [5.41, 5.74) is 4.67. The van der Waals surface area contributed by atoms with Gasteiger partial charge in [0.2, 0.25) is 5.91 Å². The summed E-state index contributed by atoms with van der Waals surface area (Å²) in [5, 5.41) is 14.7. The number of aliphatic carboxylic acids is 1. The summed E-state index contributed by atoms with van der Waals surface area (Å²) in [5.74, 6) is -1.63. The lowest BCUT2D eigenvalue weighted by Crippen LogP contribution is -2.47. The van der Waals surface area contributed by atoms with E-state index >= 15 is 0 Å². The van der Waals surface area contributed by atoms with Crippen molar-refractivity contribution in [2.24, 2.45) is 11.8 Å². The third-order valence-corrected chi connectivity index (χ3v) is 7.12. The first-order chi connectivity index (χ1) is 16.5. The largest absolute Gasteiger partial charge is 0.480 e. The molecular formula is C27H32N2O5. The number of rotatable bonds is 8. The number of benzene rings is 2. The van der Waals surface area contributed by atoms with E-state index < -0.39 is 18.1 Å². The zero-order chi connectivity index (χ0) is 24.1. The van der Waals surface area contributed by atoms with Crippen LogP contribution in [0.5, 0.6) is 0 Å². The topological polar surface area (TPSA) is 105 Å². The minimum Gasteiger partial charge on any atom is -0.480 e. The molecule has 7 heteroatoms. The molecule has 180 valence electrons. The lowest BCUT2D eigenvalue weighted by Gasteiger charge is -2.31. The maximum atomic E-state index is 12.7. The minimum absolute atomic E-state index is 0.00615. The molecule has 34 heavy (non-hydrogen) atoms. The predicted octanol–water partition coefficient (Wildman–Crippen LogP) is 4.31. The Morgan fingerprint density at radius 1 is 1.00 bits per heavy atom. The first kappa shape index (κ1) is 23.8. The summed E-state index contributed by atoms with van der Waals surface area (Å²) >= 11 is 0. The molecule has 0 heterocycles. The Hall–Kier alpha value is -3.35. The van der Waals surface area contributed by atoms with Gasteiger partial charge in [-0.2, -0.15) is 0 Å². The number of ether oxygens (including phenoxy) is 1. The van der Waals surface area contributed by atoms with Gasteiger partial charge in [0.25, 0.3) is 0 Å². The van der Waals surface area contributed by atoms with Crippen molar-refractivity contribution in [3.63, 3.8) is 0 Å². The molecule has 0 aromatic heterocycles. The highest BCUT2D eigenvalue weighted by molar-refractivity contribution is 5.85. The molecular weight excluding hydrogens is 432 g/mol. The molecule has 1 saturated carbocycles. The highest BCUT2D eigenvalue weighted by Gasteiger charge is 2.33. The number of hydrogen-bond donors (Lipinski definition) is 3. The van der Waals surface area contributed by atoms with Crippen LogP contribution < -0.4 is 10.6 Å². The van der Waals surface area contributed by atoms with E-state index in [4.69, 9.17) is 4.74 Å². The zero-order valence-electron chi connectivity index (χ0n) is 19.5. The van der Waals surface area contributed by atoms with E-state index in [0.29, 0.717) is 19.4 Å². The first-order valence-electron chi connectivity index (χ1n) is 12.1. The summed E-state index contributed by atoms with van der Waals surface area (Å²) in [7, 11) is 0. The maximum Gasteiger partial charge on any atom is 0.407 e. The molecule has 0 bridgehead atoms. The second-order valence-electron chi connectivity index (χ2n) is 9.17. The van der Waals surface area contributed by atoms with Gasteiger partial charge >= 0.3 is 12.1 Å². The van der Waals surface area contributed by atoms with E-state index in [1.54, 1.807) is 6.92 Å². The number of carboxylic acids is 1. The van der Waals surface area contributed by atoms with Crippen LogP contribution in [0.4, 0.5) is 4.79 Å². The van der Waals surface area contributed by atoms with E-state index in [0.717, 1.165) is 30.4 Å². The second kappa shape index (κ2) is 10.7. The molecule has 0 saturated heterocycles. The van der Waals surface area contributed by atoms with Crippen LogP contribution in [-0.2, 0) is 14.3 Å². The smallest absolute Gasteiger partial charge is 0.407 e. The number of carboxylic acid groups (broad SMARTS) is 1. The maximum absolute atomic E-state index is 12.7. The van der Waals surface area contributed by atoms with E-state index in [2.05, 4.69) is 34.9 Å². The Morgan fingerprint density at radius 3 is 2.24 bits per heavy atom. The van der Waals surface area contributed by atoms with Crippen LogP contribution in [0.2, 0.25) is 0 Å². The van der Waals surface area contributed by atoms with Crippen LogP contribution in [0.1, 0.15) is 56.1 Å². The van der Waals surface area contributed by atoms with Gasteiger partial charge in [0, 0.05) is 18.4 Å². The van der Waals surface area contributed by atoms with Crippen LogP contribution in [0.3, 0.4) is 0 Å². The Balaban J connectivity index is 1.33. The molecule has 4 rings (SSSR count). The normalized spacial score (nSPS) is 20.0. The molecule has 2 aromatic carbocycles. The van der Waals surface area contributed by atoms with Gasteiger partial charge in [0.05, 0.1) is 0 Å². The monoisotopic (exact) mass is 464 g/mol. The lowest BCUT2D eigenvalue weighted by molar-refractivity contribution is -0.143. The van der Waals surface area contributed by atoms with Crippen LogP contribution in [-0.4, -0.2) is 42.3 Å². The average Bonchev–Trinajstić information content (AvgIpc) is 3.18. The summed E-state index contributed by atoms with van der Waals surface area (Å²) in [6.45, 7) is 2.31. The van der Waals surface area contributed by atoms with Crippen molar-refractivity contribution in [2.45, 2.75) is 51.0 Å². The number of hydrogen-bond acceptors (Lipinski definition) is 4. The fourth-order valence-corrected chi connectivity index (χ4v) is 5.28. The number of amides is 2. The van der Waals surface area contributed by atoms with Crippen molar-refractivity contribution in [1.29, 1.82) is 0 Å². The van der Waals surface area contributed by atoms with E-state index in [1.807, 2.05) is 24.3 Å². The molecule has 0 unspecified atom stereocenters. The Kier molecular flexibility index (Phi) is 7.50. The standard InChI is InChI=1S/C27H32N2O5/c1-2-24(26(31)32)29-25(30)18-10-4-3-9-17(18)15-28-27(33)34-16-23-21-13-7-5-11-19(21)20-12-6-8-14-22(20)23/h5-8,11-14,17-18,23-24H,2-4,9-10,15-16H2,1H3,(H,28,33)(H,29,30)(H,31,32)/t17-,18-,24-/m0/s1. The molecule has 1 fully saturated rings. The van der Waals surface area contributed by atoms with Gasteiger partial charge in [-0.3, -0.25) is 4.79 Å². The number of carbonyl (C=O) groups is 3. The number of nitrogens with one attached hydrogen (secondary N) is 2. The first-order valence-corrected chi connectivity index (χ1v) is 12.1. The van der Waals surface area contributed by atoms with Gasteiger partial charge in [-0.1, -0.05) is 68.3 Å². The third kappa shape index (κ3) is 5.08. The average molecular weight is 465 g/mol. The third-order valence-electron chi connectivity index (χ3n) is 7.12. The molecule has 0 radical (unpaired) electrons. The van der Waals surface area contributed by atoms with Gasteiger partial charge < -0.3 is 20.5 Å². The fourth-order valence-electron chi connectivity index (χ4n) is 5.28. The Labute approximate surface area is 199 Å². The van der Waals surface area contributed by atoms with Crippen LogP contribution in [0, 0.1) is 11.8 Å². The highest BCUT2D eigenvalue weighted by atomic mass is 16.5. The van der Waals surface area contributed by atoms with Crippen LogP contribution in [0.15, 0.2) is 48.5 Å². The molecule has 2 aliphatic rings. The quantitative estimate of drug-likeness (QED) is 0.540. The molecule has 0 aliphatic heterocycles. The van der Waals surface area contributed by atoms with Gasteiger partial charge in [-0.25, -0.2) is 9.59 Å². The van der Waals surface area contributed by atoms with Gasteiger partial charge in [0.15, 0.2) is 0 Å². The van der Waals surface area contributed by atoms with E-state index in [-0.39, 0.29) is 30.3 Å². The van der Waals surface area contributed by atoms with Crippen molar-refractivity contribution in [3.05, 3.63) is 59.7 Å². The molecule has 0 spiro atoms. The van der Waals surface area contributed by atoms with E-state index in [1.165, 1.54) is 11.1 Å². The van der Waals surface area contributed by atoms with Crippen molar-refractivity contribution in [1.82, 2.24) is 10.6 Å². The molecule has 3 atom stereocenters. The number of fused-ring (bicyclic) bond motifs is 3. The predicted molar refractivity (Wildman–Crippen MR) is 128 cm³/mol. The summed E-state index contributed by atoms with van der Waals surface area (Å²) in [6.07, 6.45) is 3.24. The minimum atomic E-state index is -1.03. The highest BCUT2D eigenvalue weighted by Crippen LogP contribution is 2.44. The molecule has 2 amide bonds. The van der Waals surface area contributed by atoms with Crippen LogP contribution in [0.25, 0.3) is 11.1 Å². The van der Waals surface area contributed by atoms with Crippen molar-refractivity contribution >= 4 is 18.0 Å². The van der Waals surface area contributed by atoms with Crippen molar-refractivity contribution < 1.29 is 24.2 Å². The number of carbonyl (C=O) groups excluding carboxylic acids is 2. The van der Waals surface area contributed by atoms with E-state index in [9.17, 15) is 19.5 Å². The summed E-state index contributed by atoms with van der Waals surface area (Å²) in [4.78, 5) is 36.6. The van der Waals surface area contributed by atoms with Crippen molar-refractivity contribution in [2.75, 3.05) is 13.2 Å². The lowest BCUT2D eigenvalue weighted by atomic mass is 9.78. The SMILES string of the molecule is CC[C@H](NC(=O)[C@H]1CCCC[C@H]1CNC(=O)OCC1c2ccccc2-c2ccccc21)C(=O)O. The Bertz CT molecular complexity index is 1010. The molecule has 3 N–H and O–H groups in total. The molecule has 2 aliphatic carbocycles. The van der Waals surface area contributed by atoms with Crippen molar-refractivity contribution in [3.8, 4) is 11.1 Å². The van der Waals surface area contributed by atoms with Gasteiger partial charge in [-0.05, 0) is 47.4 Å². The molecule has 2 aromatic rings. The second-order valence-corrected chi connectivity index (χ2v) is 9.17. The van der Waals surface area contributed by atoms with Crippen LogP contribution >= 0.6 is 0 Å². The molecule has 7 nitrogen and oxygen atoms in total. The zero-order valence-corrected chi connectivity index (χ0v) is 19.5. The fraction of sp³-hybridized carbons (Fsp3) is 0.444. The van der Waals surface area contributed by atoms with Gasteiger partial charge in [0.1, 0.15) is 12.6 Å². The van der Waals surface area contributed by atoms with Gasteiger partial charge in [-0.15, -0.1) is 0 Å². The summed E-state index contributed by atoms with van der Waals surface area (Å²) < 4.78 is 5.61. The number of alkyl carbamates (subject to hydrolysis) is 1.